The van der Waals surface area contributed by atoms with Gasteiger partial charge in [-0.2, -0.15) is 0 Å². The number of ether oxygens (including phenoxy) is 1. The van der Waals surface area contributed by atoms with Crippen molar-refractivity contribution < 1.29 is 4.74 Å². The van der Waals surface area contributed by atoms with Crippen LogP contribution in [0.15, 0.2) is 46.9 Å². The van der Waals surface area contributed by atoms with Crippen LogP contribution in [0.25, 0.3) is 0 Å². The van der Waals surface area contributed by atoms with Crippen molar-refractivity contribution in [2.24, 2.45) is 0 Å². The SMILES string of the molecule is Clc1cccc(Cl)c1COc1ccccc1Br. The average molecular weight is 332 g/mol. The Kier molecular flexibility index (Phi) is 4.32. The zero-order valence-electron chi connectivity index (χ0n) is 8.79. The molecule has 0 aromatic heterocycles. The molecule has 0 radical (unpaired) electrons. The first kappa shape index (κ1) is 12.7. The van der Waals surface area contributed by atoms with E-state index in [0.29, 0.717) is 16.7 Å². The topological polar surface area (TPSA) is 9.23 Å². The summed E-state index contributed by atoms with van der Waals surface area (Å²) in [6, 6.07) is 13.1. The molecule has 0 spiro atoms. The van der Waals surface area contributed by atoms with Gasteiger partial charge in [-0.15, -0.1) is 0 Å². The van der Waals surface area contributed by atoms with Crippen molar-refractivity contribution in [2.75, 3.05) is 0 Å². The van der Waals surface area contributed by atoms with Crippen LogP contribution in [-0.2, 0) is 6.61 Å². The fraction of sp³-hybridized carbons (Fsp3) is 0.0769. The summed E-state index contributed by atoms with van der Waals surface area (Å²) in [7, 11) is 0. The van der Waals surface area contributed by atoms with Gasteiger partial charge >= 0.3 is 0 Å². The normalized spacial score (nSPS) is 10.3. The predicted octanol–water partition coefficient (Wildman–Crippen LogP) is 5.33. The summed E-state index contributed by atoms with van der Waals surface area (Å²) in [6.45, 7) is 0.348. The van der Waals surface area contributed by atoms with Gasteiger partial charge < -0.3 is 4.74 Å². The minimum Gasteiger partial charge on any atom is -0.488 e. The lowest BCUT2D eigenvalue weighted by molar-refractivity contribution is 0.304. The maximum Gasteiger partial charge on any atom is 0.133 e. The van der Waals surface area contributed by atoms with E-state index in [-0.39, 0.29) is 0 Å². The van der Waals surface area contributed by atoms with Crippen molar-refractivity contribution in [3.05, 3.63) is 62.5 Å². The van der Waals surface area contributed by atoms with Crippen molar-refractivity contribution in [1.82, 2.24) is 0 Å². The number of para-hydroxylation sites is 1. The first-order chi connectivity index (χ1) is 8.18. The van der Waals surface area contributed by atoms with Gasteiger partial charge in [0.2, 0.25) is 0 Å². The van der Waals surface area contributed by atoms with Gasteiger partial charge in [-0.3, -0.25) is 0 Å². The molecule has 0 saturated heterocycles. The second-order valence-electron chi connectivity index (χ2n) is 3.42. The van der Waals surface area contributed by atoms with Gasteiger partial charge in [0.25, 0.3) is 0 Å². The lowest BCUT2D eigenvalue weighted by atomic mass is 10.2. The standard InChI is InChI=1S/C13H9BrCl2O/c14-10-4-1-2-7-13(10)17-8-9-11(15)5-3-6-12(9)16/h1-7H,8H2. The first-order valence-electron chi connectivity index (χ1n) is 4.98. The maximum absolute atomic E-state index is 6.06. The lowest BCUT2D eigenvalue weighted by Gasteiger charge is -2.10. The summed E-state index contributed by atoms with van der Waals surface area (Å²) in [4.78, 5) is 0. The molecule has 0 fully saturated rings. The quantitative estimate of drug-likeness (QED) is 0.738. The Hall–Kier alpha value is -0.700. The highest BCUT2D eigenvalue weighted by atomic mass is 79.9. The van der Waals surface area contributed by atoms with Gasteiger partial charge in [-0.05, 0) is 40.2 Å². The third-order valence-corrected chi connectivity index (χ3v) is 3.63. The fourth-order valence-electron chi connectivity index (χ4n) is 1.38. The average Bonchev–Trinajstić information content (AvgIpc) is 2.30. The Morgan fingerprint density at radius 2 is 1.59 bits per heavy atom. The molecular formula is C13H9BrCl2O. The van der Waals surface area contributed by atoms with Crippen LogP contribution in [0, 0.1) is 0 Å². The molecule has 0 aliphatic rings. The van der Waals surface area contributed by atoms with Crippen LogP contribution in [-0.4, -0.2) is 0 Å². The summed E-state index contributed by atoms with van der Waals surface area (Å²) in [5, 5.41) is 1.23. The molecule has 0 aliphatic heterocycles. The molecule has 0 amide bonds. The van der Waals surface area contributed by atoms with Crippen molar-refractivity contribution in [2.45, 2.75) is 6.61 Å². The molecule has 4 heteroatoms. The molecule has 1 nitrogen and oxygen atoms in total. The molecule has 0 unspecified atom stereocenters. The van der Waals surface area contributed by atoms with E-state index in [0.717, 1.165) is 15.8 Å². The predicted molar refractivity (Wildman–Crippen MR) is 74.9 cm³/mol. The van der Waals surface area contributed by atoms with Crippen LogP contribution < -0.4 is 4.74 Å². The molecule has 0 aliphatic carbocycles. The second-order valence-corrected chi connectivity index (χ2v) is 5.09. The van der Waals surface area contributed by atoms with Crippen molar-refractivity contribution in [1.29, 1.82) is 0 Å². The molecule has 0 N–H and O–H groups in total. The monoisotopic (exact) mass is 330 g/mol. The van der Waals surface area contributed by atoms with E-state index in [4.69, 9.17) is 27.9 Å². The molecule has 88 valence electrons. The molecule has 0 heterocycles. The molecule has 2 aromatic rings. The summed E-state index contributed by atoms with van der Waals surface area (Å²) in [6.07, 6.45) is 0. The Labute approximate surface area is 118 Å². The van der Waals surface area contributed by atoms with E-state index in [1.807, 2.05) is 30.3 Å². The number of halogens is 3. The zero-order chi connectivity index (χ0) is 12.3. The highest BCUT2D eigenvalue weighted by molar-refractivity contribution is 9.10. The van der Waals surface area contributed by atoms with E-state index >= 15 is 0 Å². The largest absolute Gasteiger partial charge is 0.488 e. The maximum atomic E-state index is 6.06. The molecular weight excluding hydrogens is 323 g/mol. The Bertz CT molecular complexity index is 508. The Balaban J connectivity index is 2.16. The van der Waals surface area contributed by atoms with Crippen LogP contribution in [0.3, 0.4) is 0 Å². The number of hydrogen-bond acceptors (Lipinski definition) is 1. The number of rotatable bonds is 3. The molecule has 0 bridgehead atoms. The van der Waals surface area contributed by atoms with Gasteiger partial charge in [0, 0.05) is 15.6 Å². The third kappa shape index (κ3) is 3.15. The van der Waals surface area contributed by atoms with E-state index < -0.39 is 0 Å². The lowest BCUT2D eigenvalue weighted by Crippen LogP contribution is -1.97. The minimum absolute atomic E-state index is 0.348. The Morgan fingerprint density at radius 1 is 0.941 bits per heavy atom. The van der Waals surface area contributed by atoms with E-state index in [1.54, 1.807) is 12.1 Å². The third-order valence-electron chi connectivity index (χ3n) is 2.27. The second kappa shape index (κ2) is 5.76. The fourth-order valence-corrected chi connectivity index (χ4v) is 2.29. The number of hydrogen-bond donors (Lipinski definition) is 0. The van der Waals surface area contributed by atoms with Crippen molar-refractivity contribution in [3.63, 3.8) is 0 Å². The van der Waals surface area contributed by atoms with Crippen LogP contribution in [0.1, 0.15) is 5.56 Å². The zero-order valence-corrected chi connectivity index (χ0v) is 11.9. The van der Waals surface area contributed by atoms with Gasteiger partial charge in [-0.1, -0.05) is 41.4 Å². The van der Waals surface area contributed by atoms with Gasteiger partial charge in [0.1, 0.15) is 12.4 Å². The summed E-state index contributed by atoms with van der Waals surface area (Å²) >= 11 is 15.5. The Morgan fingerprint density at radius 3 is 2.24 bits per heavy atom. The molecule has 0 atom stereocenters. The van der Waals surface area contributed by atoms with E-state index in [2.05, 4.69) is 15.9 Å². The van der Waals surface area contributed by atoms with Crippen LogP contribution in [0.2, 0.25) is 10.0 Å². The van der Waals surface area contributed by atoms with E-state index in [9.17, 15) is 0 Å². The van der Waals surface area contributed by atoms with Crippen LogP contribution >= 0.6 is 39.1 Å². The molecule has 0 saturated carbocycles. The van der Waals surface area contributed by atoms with Crippen molar-refractivity contribution in [3.8, 4) is 5.75 Å². The molecule has 2 aromatic carbocycles. The minimum atomic E-state index is 0.348. The number of benzene rings is 2. The molecule has 2 rings (SSSR count). The van der Waals surface area contributed by atoms with Gasteiger partial charge in [-0.25, -0.2) is 0 Å². The van der Waals surface area contributed by atoms with Crippen LogP contribution in [0.4, 0.5) is 0 Å². The first-order valence-corrected chi connectivity index (χ1v) is 6.53. The highest BCUT2D eigenvalue weighted by Gasteiger charge is 2.07. The van der Waals surface area contributed by atoms with Crippen LogP contribution in [0.5, 0.6) is 5.75 Å². The molecule has 17 heavy (non-hydrogen) atoms. The smallest absolute Gasteiger partial charge is 0.133 e. The van der Waals surface area contributed by atoms with Gasteiger partial charge in [0.05, 0.1) is 4.47 Å². The van der Waals surface area contributed by atoms with E-state index in [1.165, 1.54) is 0 Å². The van der Waals surface area contributed by atoms with Crippen molar-refractivity contribution >= 4 is 39.1 Å². The summed E-state index contributed by atoms with van der Waals surface area (Å²) < 4.78 is 6.57. The summed E-state index contributed by atoms with van der Waals surface area (Å²) in [5.74, 6) is 0.767. The highest BCUT2D eigenvalue weighted by Crippen LogP contribution is 2.28. The van der Waals surface area contributed by atoms with Gasteiger partial charge in [0.15, 0.2) is 0 Å². The summed E-state index contributed by atoms with van der Waals surface area (Å²) in [5.41, 5.74) is 0.798.